The van der Waals surface area contributed by atoms with Gasteiger partial charge in [-0.2, -0.15) is 0 Å². The van der Waals surface area contributed by atoms with Crippen molar-refractivity contribution in [3.8, 4) is 0 Å². The highest BCUT2D eigenvalue weighted by Gasteiger charge is 2.03. The van der Waals surface area contributed by atoms with Gasteiger partial charge in [0.25, 0.3) is 0 Å². The summed E-state index contributed by atoms with van der Waals surface area (Å²) in [5, 5.41) is 18.7. The van der Waals surface area contributed by atoms with Crippen LogP contribution in [0.15, 0.2) is 12.1 Å². The first kappa shape index (κ1) is 10.4. The molecule has 0 aliphatic rings. The number of carboxylic acid groups (broad SMARTS) is 1. The van der Waals surface area contributed by atoms with Gasteiger partial charge in [0.1, 0.15) is 5.82 Å². The van der Waals surface area contributed by atoms with Crippen molar-refractivity contribution in [2.75, 3.05) is 18.4 Å². The molecule has 1 aromatic rings. The van der Waals surface area contributed by atoms with E-state index in [1.54, 1.807) is 6.07 Å². The van der Waals surface area contributed by atoms with Crippen LogP contribution in [0.5, 0.6) is 0 Å². The topological polar surface area (TPSA) is 101 Å². The third kappa shape index (κ3) is 2.98. The minimum atomic E-state index is -1.08. The normalized spacial score (nSPS) is 9.79. The Morgan fingerprint density at radius 3 is 2.79 bits per heavy atom. The van der Waals surface area contributed by atoms with Crippen LogP contribution >= 0.6 is 0 Å². The Labute approximate surface area is 81.1 Å². The number of carboxylic acids is 1. The van der Waals surface area contributed by atoms with Gasteiger partial charge < -0.3 is 16.2 Å². The van der Waals surface area contributed by atoms with Gasteiger partial charge in [0.05, 0.1) is 0 Å². The van der Waals surface area contributed by atoms with Crippen LogP contribution in [0.2, 0.25) is 0 Å². The first-order valence-electron chi connectivity index (χ1n) is 4.25. The van der Waals surface area contributed by atoms with Crippen LogP contribution in [-0.4, -0.2) is 34.4 Å². The molecule has 76 valence electrons. The van der Waals surface area contributed by atoms with Crippen LogP contribution in [0.4, 0.5) is 5.82 Å². The summed E-state index contributed by atoms with van der Waals surface area (Å²) in [5.41, 5.74) is 5.24. The second-order valence-corrected chi connectivity index (χ2v) is 2.68. The quantitative estimate of drug-likeness (QED) is 0.570. The maximum absolute atomic E-state index is 10.4. The van der Waals surface area contributed by atoms with Gasteiger partial charge in [-0.15, -0.1) is 10.2 Å². The SMILES string of the molecule is NCCCNc1ccc(C(=O)O)nn1. The van der Waals surface area contributed by atoms with E-state index in [4.69, 9.17) is 10.8 Å². The van der Waals surface area contributed by atoms with E-state index >= 15 is 0 Å². The van der Waals surface area contributed by atoms with Crippen LogP contribution in [0.1, 0.15) is 16.9 Å². The minimum absolute atomic E-state index is 0.0608. The number of hydrogen-bond donors (Lipinski definition) is 3. The molecule has 0 saturated heterocycles. The highest BCUT2D eigenvalue weighted by Crippen LogP contribution is 2.01. The van der Waals surface area contributed by atoms with Gasteiger partial charge in [0.15, 0.2) is 5.69 Å². The molecule has 0 aromatic carbocycles. The Kier molecular flexibility index (Phi) is 3.81. The molecule has 1 heterocycles. The van der Waals surface area contributed by atoms with Crippen LogP contribution in [0, 0.1) is 0 Å². The number of aromatic nitrogens is 2. The van der Waals surface area contributed by atoms with Crippen LogP contribution in [-0.2, 0) is 0 Å². The molecule has 1 aromatic heterocycles. The zero-order chi connectivity index (χ0) is 10.4. The monoisotopic (exact) mass is 196 g/mol. The summed E-state index contributed by atoms with van der Waals surface area (Å²) < 4.78 is 0. The maximum atomic E-state index is 10.4. The summed E-state index contributed by atoms with van der Waals surface area (Å²) in [6, 6.07) is 2.98. The Bertz CT molecular complexity index is 299. The molecule has 0 spiro atoms. The number of nitrogens with zero attached hydrogens (tertiary/aromatic N) is 2. The Morgan fingerprint density at radius 1 is 1.50 bits per heavy atom. The van der Waals surface area contributed by atoms with Crippen molar-refractivity contribution in [2.24, 2.45) is 5.73 Å². The van der Waals surface area contributed by atoms with E-state index in [2.05, 4.69) is 15.5 Å². The van der Waals surface area contributed by atoms with Gasteiger partial charge in [-0.3, -0.25) is 0 Å². The van der Waals surface area contributed by atoms with Crippen molar-refractivity contribution >= 4 is 11.8 Å². The first-order valence-corrected chi connectivity index (χ1v) is 4.25. The zero-order valence-electron chi connectivity index (χ0n) is 7.60. The lowest BCUT2D eigenvalue weighted by molar-refractivity contribution is 0.0689. The maximum Gasteiger partial charge on any atom is 0.356 e. The number of anilines is 1. The van der Waals surface area contributed by atoms with Gasteiger partial charge in [-0.1, -0.05) is 0 Å². The molecule has 0 fully saturated rings. The van der Waals surface area contributed by atoms with Crippen molar-refractivity contribution in [3.05, 3.63) is 17.8 Å². The number of hydrogen-bond acceptors (Lipinski definition) is 5. The predicted octanol–water partition coefficient (Wildman–Crippen LogP) is -0.0645. The Balaban J connectivity index is 2.51. The number of rotatable bonds is 5. The average molecular weight is 196 g/mol. The second-order valence-electron chi connectivity index (χ2n) is 2.68. The van der Waals surface area contributed by atoms with E-state index < -0.39 is 5.97 Å². The molecule has 6 nitrogen and oxygen atoms in total. The fourth-order valence-electron chi connectivity index (χ4n) is 0.859. The number of carbonyl (C=O) groups is 1. The molecule has 0 amide bonds. The van der Waals surface area contributed by atoms with Crippen LogP contribution < -0.4 is 11.1 Å². The lowest BCUT2D eigenvalue weighted by Crippen LogP contribution is -2.10. The standard InChI is InChI=1S/C8H12N4O2/c9-4-1-5-10-7-3-2-6(8(13)14)11-12-7/h2-3H,1,4-5,9H2,(H,10,12)(H,13,14). The highest BCUT2D eigenvalue weighted by atomic mass is 16.4. The smallest absolute Gasteiger partial charge is 0.356 e. The molecule has 0 aliphatic carbocycles. The van der Waals surface area contributed by atoms with Crippen LogP contribution in [0.3, 0.4) is 0 Å². The summed E-state index contributed by atoms with van der Waals surface area (Å²) in [5.74, 6) is -0.519. The van der Waals surface area contributed by atoms with E-state index in [1.165, 1.54) is 6.07 Å². The van der Waals surface area contributed by atoms with E-state index in [-0.39, 0.29) is 5.69 Å². The minimum Gasteiger partial charge on any atom is -0.476 e. The third-order valence-corrected chi connectivity index (χ3v) is 1.57. The van der Waals surface area contributed by atoms with Crippen molar-refractivity contribution < 1.29 is 9.90 Å². The lowest BCUT2D eigenvalue weighted by Gasteiger charge is -2.02. The fraction of sp³-hybridized carbons (Fsp3) is 0.375. The first-order chi connectivity index (χ1) is 6.74. The van der Waals surface area contributed by atoms with Crippen molar-refractivity contribution in [1.82, 2.24) is 10.2 Å². The van der Waals surface area contributed by atoms with Gasteiger partial charge in [-0.25, -0.2) is 4.79 Å². The molecule has 0 saturated carbocycles. The molecule has 1 rings (SSSR count). The summed E-state index contributed by atoms with van der Waals surface area (Å²) in [6.45, 7) is 1.31. The molecule has 0 radical (unpaired) electrons. The molecule has 14 heavy (non-hydrogen) atoms. The molecule has 0 unspecified atom stereocenters. The highest BCUT2D eigenvalue weighted by molar-refractivity contribution is 5.85. The third-order valence-electron chi connectivity index (χ3n) is 1.57. The Hall–Kier alpha value is -1.69. The van der Waals surface area contributed by atoms with Gasteiger partial charge in [0, 0.05) is 6.54 Å². The average Bonchev–Trinajstić information content (AvgIpc) is 2.19. The molecule has 4 N–H and O–H groups in total. The van der Waals surface area contributed by atoms with E-state index in [0.29, 0.717) is 18.9 Å². The zero-order valence-corrected chi connectivity index (χ0v) is 7.60. The number of nitrogens with two attached hydrogens (primary N) is 1. The van der Waals surface area contributed by atoms with E-state index in [9.17, 15) is 4.79 Å². The molecule has 0 bridgehead atoms. The molecular weight excluding hydrogens is 184 g/mol. The summed E-state index contributed by atoms with van der Waals surface area (Å²) in [7, 11) is 0. The number of aromatic carboxylic acids is 1. The van der Waals surface area contributed by atoms with Crippen molar-refractivity contribution in [3.63, 3.8) is 0 Å². The Morgan fingerprint density at radius 2 is 2.29 bits per heavy atom. The molecule has 0 atom stereocenters. The second kappa shape index (κ2) is 5.13. The summed E-state index contributed by atoms with van der Waals surface area (Å²) >= 11 is 0. The van der Waals surface area contributed by atoms with E-state index in [0.717, 1.165) is 6.42 Å². The van der Waals surface area contributed by atoms with Gasteiger partial charge >= 0.3 is 5.97 Å². The molecule has 0 aliphatic heterocycles. The summed E-state index contributed by atoms with van der Waals surface area (Å²) in [4.78, 5) is 10.4. The van der Waals surface area contributed by atoms with Gasteiger partial charge in [-0.05, 0) is 25.1 Å². The van der Waals surface area contributed by atoms with E-state index in [1.807, 2.05) is 0 Å². The van der Waals surface area contributed by atoms with Gasteiger partial charge in [0.2, 0.25) is 0 Å². The molecule has 6 heteroatoms. The lowest BCUT2D eigenvalue weighted by atomic mass is 10.4. The summed E-state index contributed by atoms with van der Waals surface area (Å²) in [6.07, 6.45) is 0.836. The molecular formula is C8H12N4O2. The predicted molar refractivity (Wildman–Crippen MR) is 51.2 cm³/mol. The van der Waals surface area contributed by atoms with Crippen molar-refractivity contribution in [2.45, 2.75) is 6.42 Å². The van der Waals surface area contributed by atoms with Crippen LogP contribution in [0.25, 0.3) is 0 Å². The fourth-order valence-corrected chi connectivity index (χ4v) is 0.859. The number of nitrogens with one attached hydrogen (secondary N) is 1. The largest absolute Gasteiger partial charge is 0.476 e. The van der Waals surface area contributed by atoms with Crippen molar-refractivity contribution in [1.29, 1.82) is 0 Å².